The zero-order valence-corrected chi connectivity index (χ0v) is 10.8. The quantitative estimate of drug-likeness (QED) is 0.854. The summed E-state index contributed by atoms with van der Waals surface area (Å²) in [5.41, 5.74) is 7.46. The molecule has 0 saturated carbocycles. The van der Waals surface area contributed by atoms with E-state index in [0.29, 0.717) is 6.54 Å². The highest BCUT2D eigenvalue weighted by atomic mass is 16.3. The molecule has 4 nitrogen and oxygen atoms in total. The Balaban J connectivity index is 2.32. The minimum absolute atomic E-state index is 0.162. The fourth-order valence-corrected chi connectivity index (χ4v) is 2.10. The minimum Gasteiger partial charge on any atom is -0.382 e. The molecule has 4 heteroatoms. The molecule has 0 bridgehead atoms. The van der Waals surface area contributed by atoms with Gasteiger partial charge in [0.15, 0.2) is 0 Å². The summed E-state index contributed by atoms with van der Waals surface area (Å²) in [6.07, 6.45) is 0. The van der Waals surface area contributed by atoms with Gasteiger partial charge in [-0.2, -0.15) is 5.10 Å². The average Bonchev–Trinajstić information content (AvgIpc) is 2.68. The lowest BCUT2D eigenvalue weighted by Gasteiger charge is -2.27. The highest BCUT2D eigenvalue weighted by molar-refractivity contribution is 5.23. The molecule has 0 aliphatic carbocycles. The zero-order chi connectivity index (χ0) is 13.2. The molecule has 0 radical (unpaired) electrons. The molecule has 96 valence electrons. The largest absolute Gasteiger partial charge is 0.382 e. The maximum Gasteiger partial charge on any atom is 0.121 e. The van der Waals surface area contributed by atoms with Crippen LogP contribution in [0, 0.1) is 13.8 Å². The molecule has 0 amide bonds. The third kappa shape index (κ3) is 2.44. The van der Waals surface area contributed by atoms with Crippen molar-refractivity contribution in [3.63, 3.8) is 0 Å². The number of hydrogen-bond donors (Lipinski definition) is 2. The van der Waals surface area contributed by atoms with Gasteiger partial charge in [-0.1, -0.05) is 30.3 Å². The Hall–Kier alpha value is -1.65. The van der Waals surface area contributed by atoms with Gasteiger partial charge >= 0.3 is 0 Å². The van der Waals surface area contributed by atoms with Crippen LogP contribution in [-0.2, 0) is 12.1 Å². The summed E-state index contributed by atoms with van der Waals surface area (Å²) in [4.78, 5) is 0. The Labute approximate surface area is 107 Å². The van der Waals surface area contributed by atoms with E-state index >= 15 is 0 Å². The first-order valence-electron chi connectivity index (χ1n) is 6.04. The number of benzene rings is 1. The number of nitrogens with zero attached hydrogens (tertiary/aromatic N) is 2. The van der Waals surface area contributed by atoms with Crippen molar-refractivity contribution in [3.8, 4) is 0 Å². The summed E-state index contributed by atoms with van der Waals surface area (Å²) in [6, 6.07) is 11.5. The van der Waals surface area contributed by atoms with Crippen LogP contribution in [0.3, 0.4) is 0 Å². The molecule has 1 atom stereocenters. The summed E-state index contributed by atoms with van der Waals surface area (Å²) < 4.78 is 1.80. The SMILES string of the molecule is Cc1cc(C)n(CC(O)(CN)c2ccccc2)n1. The average molecular weight is 245 g/mol. The van der Waals surface area contributed by atoms with Crippen molar-refractivity contribution in [2.45, 2.75) is 26.0 Å². The van der Waals surface area contributed by atoms with Gasteiger partial charge in [-0.05, 0) is 25.5 Å². The second kappa shape index (κ2) is 4.92. The minimum atomic E-state index is -1.08. The first-order valence-corrected chi connectivity index (χ1v) is 6.04. The predicted molar refractivity (Wildman–Crippen MR) is 71.1 cm³/mol. The van der Waals surface area contributed by atoms with Gasteiger partial charge in [0.05, 0.1) is 12.2 Å². The van der Waals surface area contributed by atoms with Crippen LogP contribution >= 0.6 is 0 Å². The number of aromatic nitrogens is 2. The second-order valence-corrected chi connectivity index (χ2v) is 4.69. The Bertz CT molecular complexity index is 521. The molecule has 3 N–H and O–H groups in total. The van der Waals surface area contributed by atoms with E-state index in [4.69, 9.17) is 5.73 Å². The van der Waals surface area contributed by atoms with Gasteiger partial charge in [0.2, 0.25) is 0 Å². The fraction of sp³-hybridized carbons (Fsp3) is 0.357. The van der Waals surface area contributed by atoms with Crippen molar-refractivity contribution >= 4 is 0 Å². The van der Waals surface area contributed by atoms with Crippen LogP contribution in [-0.4, -0.2) is 21.4 Å². The van der Waals surface area contributed by atoms with Crippen LogP contribution in [0.25, 0.3) is 0 Å². The van der Waals surface area contributed by atoms with Gasteiger partial charge in [-0.3, -0.25) is 4.68 Å². The van der Waals surface area contributed by atoms with Crippen LogP contribution in [0.1, 0.15) is 17.0 Å². The molecule has 2 rings (SSSR count). The van der Waals surface area contributed by atoms with Gasteiger partial charge < -0.3 is 10.8 Å². The van der Waals surface area contributed by atoms with Crippen LogP contribution in [0.2, 0.25) is 0 Å². The van der Waals surface area contributed by atoms with Gasteiger partial charge in [0, 0.05) is 12.2 Å². The van der Waals surface area contributed by atoms with Crippen molar-refractivity contribution in [1.29, 1.82) is 0 Å². The Morgan fingerprint density at radius 3 is 2.44 bits per heavy atom. The zero-order valence-electron chi connectivity index (χ0n) is 10.8. The van der Waals surface area contributed by atoms with E-state index in [2.05, 4.69) is 5.10 Å². The molecule has 0 aliphatic rings. The van der Waals surface area contributed by atoms with Crippen LogP contribution in [0.4, 0.5) is 0 Å². The first kappa shape index (κ1) is 12.8. The molecule has 0 spiro atoms. The van der Waals surface area contributed by atoms with Gasteiger partial charge in [-0.25, -0.2) is 0 Å². The normalized spacial score (nSPS) is 14.4. The summed E-state index contributed by atoms with van der Waals surface area (Å²) in [6.45, 7) is 4.44. The topological polar surface area (TPSA) is 64.1 Å². The van der Waals surface area contributed by atoms with Crippen LogP contribution < -0.4 is 5.73 Å². The molecular weight excluding hydrogens is 226 g/mol. The van der Waals surface area contributed by atoms with Crippen LogP contribution in [0.5, 0.6) is 0 Å². The lowest BCUT2D eigenvalue weighted by Crippen LogP contribution is -2.39. The Kier molecular flexibility index (Phi) is 3.50. The number of aliphatic hydroxyl groups is 1. The number of rotatable bonds is 4. The first-order chi connectivity index (χ1) is 8.55. The molecule has 1 heterocycles. The summed E-state index contributed by atoms with van der Waals surface area (Å²) in [7, 11) is 0. The maximum atomic E-state index is 10.7. The Morgan fingerprint density at radius 1 is 1.28 bits per heavy atom. The van der Waals surface area contributed by atoms with Crippen molar-refractivity contribution in [2.75, 3.05) is 6.54 Å². The van der Waals surface area contributed by atoms with Crippen molar-refractivity contribution in [3.05, 3.63) is 53.3 Å². The molecule has 0 aliphatic heterocycles. The van der Waals surface area contributed by atoms with Crippen molar-refractivity contribution in [2.24, 2.45) is 5.73 Å². The van der Waals surface area contributed by atoms with E-state index in [1.165, 1.54) is 0 Å². The van der Waals surface area contributed by atoms with Gasteiger partial charge in [-0.15, -0.1) is 0 Å². The molecule has 1 unspecified atom stereocenters. The fourth-order valence-electron chi connectivity index (χ4n) is 2.10. The molecule has 0 saturated heterocycles. The van der Waals surface area contributed by atoms with Crippen molar-refractivity contribution in [1.82, 2.24) is 9.78 Å². The highest BCUT2D eigenvalue weighted by Gasteiger charge is 2.29. The van der Waals surface area contributed by atoms with Crippen molar-refractivity contribution < 1.29 is 5.11 Å². The van der Waals surface area contributed by atoms with E-state index in [9.17, 15) is 5.11 Å². The van der Waals surface area contributed by atoms with E-state index in [-0.39, 0.29) is 6.54 Å². The summed E-state index contributed by atoms with van der Waals surface area (Å²) in [5, 5.41) is 15.1. The lowest BCUT2D eigenvalue weighted by atomic mass is 9.94. The molecule has 0 fully saturated rings. The number of nitrogens with two attached hydrogens (primary N) is 1. The monoisotopic (exact) mass is 245 g/mol. The second-order valence-electron chi connectivity index (χ2n) is 4.69. The smallest absolute Gasteiger partial charge is 0.121 e. The third-order valence-corrected chi connectivity index (χ3v) is 3.16. The maximum absolute atomic E-state index is 10.7. The van der Waals surface area contributed by atoms with E-state index in [1.807, 2.05) is 50.2 Å². The molecule has 18 heavy (non-hydrogen) atoms. The van der Waals surface area contributed by atoms with E-state index in [0.717, 1.165) is 17.0 Å². The molecule has 2 aromatic rings. The summed E-state index contributed by atoms with van der Waals surface area (Å²) in [5.74, 6) is 0. The summed E-state index contributed by atoms with van der Waals surface area (Å²) >= 11 is 0. The van der Waals surface area contributed by atoms with Gasteiger partial charge in [0.25, 0.3) is 0 Å². The van der Waals surface area contributed by atoms with Gasteiger partial charge in [0.1, 0.15) is 5.60 Å². The molecular formula is C14H19N3O. The highest BCUT2D eigenvalue weighted by Crippen LogP contribution is 2.22. The number of hydrogen-bond acceptors (Lipinski definition) is 3. The Morgan fingerprint density at radius 2 is 1.94 bits per heavy atom. The lowest BCUT2D eigenvalue weighted by molar-refractivity contribution is 0.0234. The number of aryl methyl sites for hydroxylation is 2. The standard InChI is InChI=1S/C14H19N3O/c1-11-8-12(2)17(16-11)10-14(18,9-15)13-6-4-3-5-7-13/h3-8,18H,9-10,15H2,1-2H3. The predicted octanol–water partition coefficient (Wildman–Crippen LogP) is 1.35. The van der Waals surface area contributed by atoms with Crippen LogP contribution in [0.15, 0.2) is 36.4 Å². The molecule has 1 aromatic heterocycles. The van der Waals surface area contributed by atoms with E-state index in [1.54, 1.807) is 4.68 Å². The third-order valence-electron chi connectivity index (χ3n) is 3.16. The van der Waals surface area contributed by atoms with E-state index < -0.39 is 5.60 Å². The molecule has 1 aromatic carbocycles.